The zero-order chi connectivity index (χ0) is 9.26. The largest absolute Gasteiger partial charge is 0.382 e. The molecule has 1 aliphatic rings. The molecule has 0 fully saturated rings. The average molecular weight is 241 g/mol. The molecule has 1 aromatic rings. The van der Waals surface area contributed by atoms with Gasteiger partial charge in [0.1, 0.15) is 0 Å². The Balaban J connectivity index is 2.41. The van der Waals surface area contributed by atoms with Crippen LogP contribution >= 0.6 is 15.9 Å². The molecule has 1 heterocycles. The van der Waals surface area contributed by atoms with E-state index in [4.69, 9.17) is 0 Å². The van der Waals surface area contributed by atoms with Crippen LogP contribution < -0.4 is 10.2 Å². The highest BCUT2D eigenvalue weighted by Crippen LogP contribution is 2.31. The molecule has 2 rings (SSSR count). The minimum atomic E-state index is 1.04. The van der Waals surface area contributed by atoms with Crippen LogP contribution in [0.5, 0.6) is 0 Å². The van der Waals surface area contributed by atoms with E-state index >= 15 is 0 Å². The third kappa shape index (κ3) is 1.66. The van der Waals surface area contributed by atoms with E-state index in [0.717, 1.165) is 24.1 Å². The Bertz CT molecular complexity index is 312. The molecule has 0 saturated carbocycles. The van der Waals surface area contributed by atoms with E-state index in [1.54, 1.807) is 0 Å². The first kappa shape index (κ1) is 8.88. The molecule has 1 aromatic carbocycles. The first-order valence-electron chi connectivity index (χ1n) is 4.59. The fourth-order valence-electron chi connectivity index (χ4n) is 1.69. The molecular formula is C10H13BrN2. The number of halogens is 1. The molecule has 0 radical (unpaired) electrons. The van der Waals surface area contributed by atoms with Crippen LogP contribution in [-0.4, -0.2) is 19.6 Å². The van der Waals surface area contributed by atoms with Gasteiger partial charge < -0.3 is 10.2 Å². The van der Waals surface area contributed by atoms with Crippen molar-refractivity contribution in [3.05, 3.63) is 22.7 Å². The Kier molecular flexibility index (Phi) is 2.44. The minimum Gasteiger partial charge on any atom is -0.382 e. The fourth-order valence-corrected chi connectivity index (χ4v) is 2.04. The molecule has 3 heteroatoms. The summed E-state index contributed by atoms with van der Waals surface area (Å²) in [5.74, 6) is 0. The summed E-state index contributed by atoms with van der Waals surface area (Å²) in [6.45, 7) is 5.41. The van der Waals surface area contributed by atoms with Crippen molar-refractivity contribution < 1.29 is 0 Å². The number of rotatable bonds is 1. The van der Waals surface area contributed by atoms with Crippen LogP contribution in [-0.2, 0) is 0 Å². The number of benzene rings is 1. The van der Waals surface area contributed by atoms with Gasteiger partial charge in [0, 0.05) is 24.1 Å². The molecule has 0 saturated heterocycles. The summed E-state index contributed by atoms with van der Waals surface area (Å²) < 4.78 is 1.15. The van der Waals surface area contributed by atoms with Gasteiger partial charge in [0.2, 0.25) is 0 Å². The highest BCUT2D eigenvalue weighted by Gasteiger charge is 2.14. The van der Waals surface area contributed by atoms with E-state index in [-0.39, 0.29) is 0 Å². The van der Waals surface area contributed by atoms with Gasteiger partial charge in [-0.15, -0.1) is 0 Å². The molecule has 1 aliphatic heterocycles. The van der Waals surface area contributed by atoms with E-state index in [9.17, 15) is 0 Å². The lowest BCUT2D eigenvalue weighted by Crippen LogP contribution is -2.33. The number of anilines is 2. The summed E-state index contributed by atoms with van der Waals surface area (Å²) in [4.78, 5) is 2.39. The lowest BCUT2D eigenvalue weighted by molar-refractivity contribution is 0.814. The molecule has 0 atom stereocenters. The Morgan fingerprint density at radius 2 is 2.38 bits per heavy atom. The number of hydrogen-bond donors (Lipinski definition) is 1. The van der Waals surface area contributed by atoms with Crippen molar-refractivity contribution >= 4 is 27.3 Å². The van der Waals surface area contributed by atoms with Crippen molar-refractivity contribution in [1.29, 1.82) is 0 Å². The Labute approximate surface area is 87.1 Å². The van der Waals surface area contributed by atoms with Gasteiger partial charge in [0.15, 0.2) is 0 Å². The lowest BCUT2D eigenvalue weighted by atomic mass is 10.2. The standard InChI is InChI=1S/C10H13BrN2/c1-2-13-6-5-12-9-4-3-8(11)7-10(9)13/h3-4,7,12H,2,5-6H2,1H3. The van der Waals surface area contributed by atoms with Gasteiger partial charge >= 0.3 is 0 Å². The van der Waals surface area contributed by atoms with E-state index < -0.39 is 0 Å². The lowest BCUT2D eigenvalue weighted by Gasteiger charge is -2.31. The number of hydrogen-bond acceptors (Lipinski definition) is 2. The van der Waals surface area contributed by atoms with E-state index in [1.807, 2.05) is 0 Å². The van der Waals surface area contributed by atoms with E-state index in [2.05, 4.69) is 51.3 Å². The third-order valence-corrected chi connectivity index (χ3v) is 2.87. The molecule has 1 N–H and O–H groups in total. The highest BCUT2D eigenvalue weighted by atomic mass is 79.9. The van der Waals surface area contributed by atoms with Crippen LogP contribution in [0.25, 0.3) is 0 Å². The molecule has 0 aromatic heterocycles. The second-order valence-corrected chi connectivity index (χ2v) is 4.08. The number of nitrogens with one attached hydrogen (secondary N) is 1. The molecule has 0 spiro atoms. The second kappa shape index (κ2) is 3.58. The van der Waals surface area contributed by atoms with Gasteiger partial charge in [-0.05, 0) is 25.1 Å². The Hall–Kier alpha value is -0.700. The van der Waals surface area contributed by atoms with Crippen molar-refractivity contribution in [2.75, 3.05) is 29.9 Å². The third-order valence-electron chi connectivity index (χ3n) is 2.38. The highest BCUT2D eigenvalue weighted by molar-refractivity contribution is 9.10. The van der Waals surface area contributed by atoms with Crippen molar-refractivity contribution in [2.24, 2.45) is 0 Å². The molecular weight excluding hydrogens is 228 g/mol. The van der Waals surface area contributed by atoms with Gasteiger partial charge in [-0.2, -0.15) is 0 Å². The predicted molar refractivity (Wildman–Crippen MR) is 60.5 cm³/mol. The van der Waals surface area contributed by atoms with Gasteiger partial charge in [0.05, 0.1) is 11.4 Å². The summed E-state index contributed by atoms with van der Waals surface area (Å²) >= 11 is 3.49. The van der Waals surface area contributed by atoms with Crippen LogP contribution in [0.15, 0.2) is 22.7 Å². The topological polar surface area (TPSA) is 15.3 Å². The molecule has 2 nitrogen and oxygen atoms in total. The maximum Gasteiger partial charge on any atom is 0.0613 e. The molecule has 0 unspecified atom stereocenters. The van der Waals surface area contributed by atoms with E-state index in [0.29, 0.717) is 0 Å². The minimum absolute atomic E-state index is 1.04. The van der Waals surface area contributed by atoms with Gasteiger partial charge in [-0.1, -0.05) is 15.9 Å². The van der Waals surface area contributed by atoms with Crippen LogP contribution in [0.2, 0.25) is 0 Å². The van der Waals surface area contributed by atoms with Crippen LogP contribution in [0.1, 0.15) is 6.92 Å². The molecule has 0 bridgehead atoms. The first-order chi connectivity index (χ1) is 6.31. The summed E-state index contributed by atoms with van der Waals surface area (Å²) in [6.07, 6.45) is 0. The normalized spacial score (nSPS) is 15.1. The zero-order valence-electron chi connectivity index (χ0n) is 7.68. The quantitative estimate of drug-likeness (QED) is 0.813. The fraction of sp³-hybridized carbons (Fsp3) is 0.400. The average Bonchev–Trinajstić information content (AvgIpc) is 2.17. The number of fused-ring (bicyclic) bond motifs is 1. The first-order valence-corrected chi connectivity index (χ1v) is 5.39. The molecule has 13 heavy (non-hydrogen) atoms. The van der Waals surface area contributed by atoms with Gasteiger partial charge in [0.25, 0.3) is 0 Å². The second-order valence-electron chi connectivity index (χ2n) is 3.17. The Morgan fingerprint density at radius 1 is 1.54 bits per heavy atom. The summed E-state index contributed by atoms with van der Waals surface area (Å²) in [6, 6.07) is 6.37. The van der Waals surface area contributed by atoms with Gasteiger partial charge in [-0.25, -0.2) is 0 Å². The summed E-state index contributed by atoms with van der Waals surface area (Å²) in [5.41, 5.74) is 2.56. The van der Waals surface area contributed by atoms with E-state index in [1.165, 1.54) is 11.4 Å². The predicted octanol–water partition coefficient (Wildman–Crippen LogP) is 2.70. The summed E-state index contributed by atoms with van der Waals surface area (Å²) in [7, 11) is 0. The van der Waals surface area contributed by atoms with Gasteiger partial charge in [-0.3, -0.25) is 0 Å². The zero-order valence-corrected chi connectivity index (χ0v) is 9.26. The van der Waals surface area contributed by atoms with Crippen molar-refractivity contribution in [2.45, 2.75) is 6.92 Å². The maximum atomic E-state index is 3.49. The molecule has 70 valence electrons. The van der Waals surface area contributed by atoms with Crippen molar-refractivity contribution in [1.82, 2.24) is 0 Å². The number of nitrogens with zero attached hydrogens (tertiary/aromatic N) is 1. The van der Waals surface area contributed by atoms with Crippen molar-refractivity contribution in [3.8, 4) is 0 Å². The smallest absolute Gasteiger partial charge is 0.0613 e. The molecule has 0 amide bonds. The number of likely N-dealkylation sites (N-methyl/N-ethyl adjacent to an activating group) is 1. The van der Waals surface area contributed by atoms with Crippen LogP contribution in [0.4, 0.5) is 11.4 Å². The monoisotopic (exact) mass is 240 g/mol. The summed E-state index contributed by atoms with van der Waals surface area (Å²) in [5, 5.41) is 3.39. The maximum absolute atomic E-state index is 3.49. The van der Waals surface area contributed by atoms with Crippen LogP contribution in [0, 0.1) is 0 Å². The SMILES string of the molecule is CCN1CCNc2ccc(Br)cc21. The van der Waals surface area contributed by atoms with Crippen LogP contribution in [0.3, 0.4) is 0 Å². The Morgan fingerprint density at radius 3 is 3.15 bits per heavy atom. The molecule has 0 aliphatic carbocycles. The van der Waals surface area contributed by atoms with Crippen molar-refractivity contribution in [3.63, 3.8) is 0 Å².